The molecule has 22 heteroatoms. The Morgan fingerprint density at radius 2 is 1.11 bits per heavy atom. The summed E-state index contributed by atoms with van der Waals surface area (Å²) in [6.45, 7) is 4.59. The van der Waals surface area contributed by atoms with Crippen LogP contribution in [-0.4, -0.2) is 138 Å². The molecule has 8 rings (SSSR count). The third-order valence-corrected chi connectivity index (χ3v) is 12.1. The number of nitrogens with two attached hydrogens (primary N) is 1. The highest BCUT2D eigenvalue weighted by Crippen LogP contribution is 2.25. The summed E-state index contributed by atoms with van der Waals surface area (Å²) in [6, 6.07) is 41.2. The molecule has 0 bridgehead atoms. The van der Waals surface area contributed by atoms with E-state index in [0.29, 0.717) is 35.6 Å². The van der Waals surface area contributed by atoms with Crippen molar-refractivity contribution in [3.63, 3.8) is 0 Å². The largest absolute Gasteiger partial charge is 0.460 e. The number of amides is 4. The summed E-state index contributed by atoms with van der Waals surface area (Å²) in [5, 5.41) is 10.4. The highest BCUT2D eigenvalue weighted by molar-refractivity contribution is 7.86. The van der Waals surface area contributed by atoms with Gasteiger partial charge in [0.15, 0.2) is 0 Å². The molecule has 0 aromatic heterocycles. The molecule has 5 aromatic rings. The highest BCUT2D eigenvalue weighted by atomic mass is 32.2. The number of ether oxygens (including phenoxy) is 5. The first-order valence-corrected chi connectivity index (χ1v) is 25.2. The molecule has 3 fully saturated rings. The molecule has 2 unspecified atom stereocenters. The van der Waals surface area contributed by atoms with E-state index in [9.17, 15) is 32.4 Å². The zero-order valence-corrected chi connectivity index (χ0v) is 41.3. The summed E-state index contributed by atoms with van der Waals surface area (Å²) in [5.41, 5.74) is 10.7. The first-order chi connectivity index (χ1) is 35.6. The minimum atomic E-state index is -3.63. The Balaban J connectivity index is 0.000000228. The molecule has 0 radical (unpaired) electrons. The predicted molar refractivity (Wildman–Crippen MR) is 272 cm³/mol. The fraction of sp³-hybridized carbons (Fsp3) is 0.288. The lowest BCUT2D eigenvalue weighted by molar-refractivity contribution is -0.146. The number of aliphatic imine (C=N–C) groups is 1. The maximum Gasteiger partial charge on any atom is 0.435 e. The zero-order chi connectivity index (χ0) is 52.5. The topological polar surface area (TPSA) is 262 Å². The highest BCUT2D eigenvalue weighted by Gasteiger charge is 2.35. The van der Waals surface area contributed by atoms with Crippen molar-refractivity contribution < 1.29 is 60.3 Å². The lowest BCUT2D eigenvalue weighted by atomic mass is 10.1. The molecule has 3 aliphatic rings. The van der Waals surface area contributed by atoms with Crippen molar-refractivity contribution in [2.24, 2.45) is 10.7 Å². The van der Waals surface area contributed by atoms with Gasteiger partial charge in [0.25, 0.3) is 10.1 Å². The number of anilines is 2. The second kappa shape index (κ2) is 26.0. The fourth-order valence-corrected chi connectivity index (χ4v) is 8.10. The molecule has 3 aliphatic heterocycles. The molecular formula is C52H56N8O13S. The molecule has 2 atom stereocenters. The number of cyclic esters (lactones) is 2. The number of nitrogens with one attached hydrogen (secondary N) is 2. The minimum Gasteiger partial charge on any atom is -0.460 e. The van der Waals surface area contributed by atoms with Crippen molar-refractivity contribution in [2.45, 2.75) is 32.0 Å². The Labute approximate surface area is 428 Å². The van der Waals surface area contributed by atoms with Gasteiger partial charge in [0.1, 0.15) is 50.3 Å². The Kier molecular flexibility index (Phi) is 18.8. The third kappa shape index (κ3) is 16.7. The monoisotopic (exact) mass is 1030 g/mol. The van der Waals surface area contributed by atoms with Crippen molar-refractivity contribution >= 4 is 63.5 Å². The number of carbonyl (C=O) groups excluding carboxylic acids is 5. The van der Waals surface area contributed by atoms with Crippen molar-refractivity contribution in [1.82, 2.24) is 15.1 Å². The zero-order valence-electron chi connectivity index (χ0n) is 40.4. The molecule has 21 nitrogen and oxygen atoms in total. The van der Waals surface area contributed by atoms with Crippen LogP contribution in [0.3, 0.4) is 0 Å². The van der Waals surface area contributed by atoms with Crippen LogP contribution >= 0.6 is 0 Å². The van der Waals surface area contributed by atoms with Crippen LogP contribution in [0.4, 0.5) is 30.6 Å². The van der Waals surface area contributed by atoms with Gasteiger partial charge in [-0.3, -0.25) is 39.3 Å². The van der Waals surface area contributed by atoms with Crippen molar-refractivity contribution in [1.29, 1.82) is 5.41 Å². The second-order valence-corrected chi connectivity index (χ2v) is 18.8. The van der Waals surface area contributed by atoms with E-state index in [4.69, 9.17) is 34.8 Å². The molecule has 4 N–H and O–H groups in total. The van der Waals surface area contributed by atoms with E-state index in [1.54, 1.807) is 53.4 Å². The molecule has 5 aromatic carbocycles. The fourth-order valence-electron chi connectivity index (χ4n) is 7.70. The molecule has 4 amide bonds. The van der Waals surface area contributed by atoms with Gasteiger partial charge in [-0.15, -0.1) is 0 Å². The third-order valence-electron chi connectivity index (χ3n) is 11.5. The number of hydrogen-bond acceptors (Lipinski definition) is 16. The van der Waals surface area contributed by atoms with E-state index in [0.717, 1.165) is 49.1 Å². The Bertz CT molecular complexity index is 2850. The first-order valence-electron chi connectivity index (χ1n) is 23.4. The van der Waals surface area contributed by atoms with E-state index in [-0.39, 0.29) is 63.3 Å². The van der Waals surface area contributed by atoms with E-state index in [2.05, 4.69) is 24.3 Å². The summed E-state index contributed by atoms with van der Waals surface area (Å²) in [7, 11) is -3.63. The maximum atomic E-state index is 12.6. The number of hydrogen-bond donors (Lipinski definition) is 3. The molecule has 3 heterocycles. The van der Waals surface area contributed by atoms with E-state index in [1.807, 2.05) is 91.0 Å². The number of nitrogens with zero attached hydrogens (tertiary/aromatic N) is 5. The first kappa shape index (κ1) is 53.6. The van der Waals surface area contributed by atoms with Crippen LogP contribution in [0.15, 0.2) is 145 Å². The number of esters is 1. The lowest BCUT2D eigenvalue weighted by Gasteiger charge is -2.34. The van der Waals surface area contributed by atoms with Crippen LogP contribution in [0.25, 0.3) is 0 Å². The number of benzene rings is 5. The molecule has 388 valence electrons. The quantitative estimate of drug-likeness (QED) is 0.0334. The van der Waals surface area contributed by atoms with Gasteiger partial charge in [0.05, 0.1) is 25.9 Å². The van der Waals surface area contributed by atoms with Crippen molar-refractivity contribution in [3.05, 3.63) is 167 Å². The van der Waals surface area contributed by atoms with Gasteiger partial charge in [-0.25, -0.2) is 19.2 Å². The average Bonchev–Trinajstić information content (AvgIpc) is 3.98. The number of carbonyl (C=O) groups is 5. The van der Waals surface area contributed by atoms with E-state index >= 15 is 0 Å². The van der Waals surface area contributed by atoms with Gasteiger partial charge < -0.3 is 29.4 Å². The van der Waals surface area contributed by atoms with Crippen molar-refractivity contribution in [3.8, 4) is 0 Å². The molecule has 3 saturated heterocycles. The SMILES string of the molecule is CS(=O)(=O)OCC1CN(c2ccc(C(=N)NC(=O)OCc3ccccc3)cc2)C(=O)O1.NC(=NC(=O)OCc1ccccc1)c1ccc(N2CC(CN3CCN(CC(=O)OCc4ccccc4)CC3)OC2=O)cc1. The number of piperazine rings is 1. The number of alkyl carbamates (subject to hydrolysis) is 1. The Hall–Kier alpha value is -8.18. The molecule has 0 saturated carbocycles. The van der Waals surface area contributed by atoms with Crippen LogP contribution in [0.5, 0.6) is 0 Å². The molecular weight excluding hydrogens is 977 g/mol. The Morgan fingerprint density at radius 1 is 0.649 bits per heavy atom. The van der Waals surface area contributed by atoms with Crippen LogP contribution in [0.2, 0.25) is 0 Å². The summed E-state index contributed by atoms with van der Waals surface area (Å²) < 4.78 is 53.2. The van der Waals surface area contributed by atoms with Crippen LogP contribution in [0.1, 0.15) is 27.8 Å². The van der Waals surface area contributed by atoms with Gasteiger partial charge in [-0.2, -0.15) is 13.4 Å². The number of amidine groups is 2. The molecule has 0 spiro atoms. The predicted octanol–water partition coefficient (Wildman–Crippen LogP) is 5.65. The van der Waals surface area contributed by atoms with E-state index < -0.39 is 40.6 Å². The standard InChI is InChI=1S/C32H35N5O6.C20H21N3O7S/c33-30(34-31(39)42-23-25-9-5-2-6-10-25)26-11-13-27(14-12-26)37-20-28(43-32(37)40)19-35-15-17-36(18-16-35)21-29(38)41-22-24-7-3-1-4-8-24;1-31(26,27)29-13-17-11-23(20(25)30-17)16-9-7-15(8-10-16)18(21)22-19(24)28-12-14-5-3-2-4-6-14/h1-14,28H,15-23H2,(H2,33,34,39);2-10,17H,11-13H2,1H3,(H2,21,22,24). The summed E-state index contributed by atoms with van der Waals surface area (Å²) in [6.07, 6.45) is -2.66. The van der Waals surface area contributed by atoms with Gasteiger partial charge in [0, 0.05) is 55.2 Å². The second-order valence-electron chi connectivity index (χ2n) is 17.1. The van der Waals surface area contributed by atoms with Gasteiger partial charge >= 0.3 is 30.3 Å². The molecule has 74 heavy (non-hydrogen) atoms. The molecule has 0 aliphatic carbocycles. The van der Waals surface area contributed by atoms with Gasteiger partial charge in [0.2, 0.25) is 0 Å². The smallest absolute Gasteiger partial charge is 0.435 e. The normalized spacial score (nSPS) is 17.1. The minimum absolute atomic E-state index is 0.0232. The summed E-state index contributed by atoms with van der Waals surface area (Å²) >= 11 is 0. The van der Waals surface area contributed by atoms with Crippen molar-refractivity contribution in [2.75, 3.05) is 75.0 Å². The average molecular weight is 1030 g/mol. The summed E-state index contributed by atoms with van der Waals surface area (Å²) in [5.74, 6) is -0.372. The van der Waals surface area contributed by atoms with Gasteiger partial charge in [-0.05, 0) is 65.2 Å². The lowest BCUT2D eigenvalue weighted by Crippen LogP contribution is -2.50. The van der Waals surface area contributed by atoms with Gasteiger partial charge in [-0.1, -0.05) is 91.0 Å². The number of rotatable bonds is 17. The van der Waals surface area contributed by atoms with E-state index in [1.165, 1.54) is 4.90 Å². The van der Waals surface area contributed by atoms with Crippen LogP contribution in [-0.2, 0) is 62.6 Å². The van der Waals surface area contributed by atoms with Crippen LogP contribution in [0, 0.1) is 5.41 Å². The summed E-state index contributed by atoms with van der Waals surface area (Å²) in [4.78, 5) is 71.9. The van der Waals surface area contributed by atoms with Crippen LogP contribution < -0.4 is 20.9 Å². The maximum absolute atomic E-state index is 12.6. The Morgan fingerprint density at radius 3 is 1.64 bits per heavy atom.